The fourth-order valence-corrected chi connectivity index (χ4v) is 0.961. The Morgan fingerprint density at radius 1 is 1.50 bits per heavy atom. The van der Waals surface area contributed by atoms with Crippen LogP contribution in [-0.4, -0.2) is 18.2 Å². The first kappa shape index (κ1) is 11.0. The van der Waals surface area contributed by atoms with Crippen LogP contribution in [0.25, 0.3) is 0 Å². The highest BCUT2D eigenvalue weighted by Gasteiger charge is 2.27. The lowest BCUT2D eigenvalue weighted by Crippen LogP contribution is -2.08. The summed E-state index contributed by atoms with van der Waals surface area (Å²) in [4.78, 5) is 3.81. The molecule has 14 heavy (non-hydrogen) atoms. The Morgan fingerprint density at radius 2 is 2.21 bits per heavy atom. The highest BCUT2D eigenvalue weighted by Crippen LogP contribution is 2.22. The van der Waals surface area contributed by atoms with Crippen LogP contribution in [0.15, 0.2) is 10.6 Å². The van der Waals surface area contributed by atoms with Gasteiger partial charge in [-0.05, 0) is 7.05 Å². The summed E-state index contributed by atoms with van der Waals surface area (Å²) >= 11 is 0. The molecule has 3 nitrogen and oxygen atoms in total. The first-order chi connectivity index (χ1) is 6.51. The summed E-state index contributed by atoms with van der Waals surface area (Å²) < 4.78 is 40.5. The summed E-state index contributed by atoms with van der Waals surface area (Å²) in [7, 11) is 1.71. The number of aryl methyl sites for hydroxylation is 1. The smallest absolute Gasteiger partial charge is 0.389 e. The van der Waals surface area contributed by atoms with Crippen LogP contribution in [-0.2, 0) is 13.0 Å². The van der Waals surface area contributed by atoms with Crippen LogP contribution in [0.5, 0.6) is 0 Å². The van der Waals surface area contributed by atoms with Gasteiger partial charge in [0, 0.05) is 6.42 Å². The molecule has 0 bridgehead atoms. The van der Waals surface area contributed by atoms with Crippen molar-refractivity contribution in [3.8, 4) is 0 Å². The third-order valence-corrected chi connectivity index (χ3v) is 1.58. The Hall–Kier alpha value is -1.04. The molecule has 0 radical (unpaired) electrons. The van der Waals surface area contributed by atoms with Crippen molar-refractivity contribution in [2.45, 2.75) is 25.6 Å². The largest absolute Gasteiger partial charge is 0.444 e. The minimum Gasteiger partial charge on any atom is -0.444 e. The van der Waals surface area contributed by atoms with Crippen molar-refractivity contribution in [1.82, 2.24) is 10.3 Å². The monoisotopic (exact) mass is 208 g/mol. The van der Waals surface area contributed by atoms with E-state index in [2.05, 4.69) is 10.3 Å². The first-order valence-electron chi connectivity index (χ1n) is 4.16. The minimum atomic E-state index is -4.14. The van der Waals surface area contributed by atoms with Gasteiger partial charge in [-0.1, -0.05) is 0 Å². The van der Waals surface area contributed by atoms with Gasteiger partial charge < -0.3 is 9.73 Å². The van der Waals surface area contributed by atoms with Crippen LogP contribution in [0.2, 0.25) is 0 Å². The predicted molar refractivity (Wildman–Crippen MR) is 43.6 cm³/mol. The maximum Gasteiger partial charge on any atom is 0.389 e. The quantitative estimate of drug-likeness (QED) is 0.821. The molecule has 1 rings (SSSR count). The van der Waals surface area contributed by atoms with Crippen molar-refractivity contribution >= 4 is 0 Å². The van der Waals surface area contributed by atoms with E-state index in [1.54, 1.807) is 7.05 Å². The van der Waals surface area contributed by atoms with Crippen molar-refractivity contribution in [2.75, 3.05) is 7.05 Å². The Morgan fingerprint density at radius 3 is 2.79 bits per heavy atom. The number of rotatable bonds is 4. The summed E-state index contributed by atoms with van der Waals surface area (Å²) in [6.45, 7) is 0.423. The number of halogens is 3. The molecule has 6 heteroatoms. The number of hydrogen-bond acceptors (Lipinski definition) is 3. The van der Waals surface area contributed by atoms with Gasteiger partial charge in [0.05, 0.1) is 19.2 Å². The molecule has 0 aromatic carbocycles. The Balaban J connectivity index is 2.44. The molecule has 0 saturated heterocycles. The number of nitrogens with one attached hydrogen (secondary N) is 1. The van der Waals surface area contributed by atoms with E-state index >= 15 is 0 Å². The molecule has 0 unspecified atom stereocenters. The summed E-state index contributed by atoms with van der Waals surface area (Å²) in [5, 5.41) is 2.79. The zero-order valence-corrected chi connectivity index (χ0v) is 7.69. The van der Waals surface area contributed by atoms with Crippen molar-refractivity contribution in [3.63, 3.8) is 0 Å². The zero-order chi connectivity index (χ0) is 10.6. The molecule has 0 aliphatic rings. The topological polar surface area (TPSA) is 38.1 Å². The summed E-state index contributed by atoms with van der Waals surface area (Å²) in [5.41, 5.74) is 0. The van der Waals surface area contributed by atoms with E-state index in [0.29, 0.717) is 12.4 Å². The van der Waals surface area contributed by atoms with Gasteiger partial charge in [0.1, 0.15) is 5.76 Å². The molecular formula is C8H11F3N2O. The minimum absolute atomic E-state index is 0.153. The van der Waals surface area contributed by atoms with E-state index in [4.69, 9.17) is 4.42 Å². The highest BCUT2D eigenvalue weighted by molar-refractivity contribution is 4.94. The maximum atomic E-state index is 11.8. The normalized spacial score (nSPS) is 12.0. The average Bonchev–Trinajstić information content (AvgIpc) is 2.49. The molecule has 0 spiro atoms. The average molecular weight is 208 g/mol. The van der Waals surface area contributed by atoms with Crippen LogP contribution >= 0.6 is 0 Å². The Labute approximate surface area is 79.3 Å². The van der Waals surface area contributed by atoms with Gasteiger partial charge in [-0.3, -0.25) is 0 Å². The molecule has 80 valence electrons. The van der Waals surface area contributed by atoms with E-state index in [-0.39, 0.29) is 12.2 Å². The fraction of sp³-hybridized carbons (Fsp3) is 0.625. The van der Waals surface area contributed by atoms with E-state index in [1.165, 1.54) is 6.20 Å². The van der Waals surface area contributed by atoms with Crippen LogP contribution in [0.3, 0.4) is 0 Å². The van der Waals surface area contributed by atoms with Crippen molar-refractivity contribution in [1.29, 1.82) is 0 Å². The third-order valence-electron chi connectivity index (χ3n) is 1.58. The molecule has 0 aliphatic carbocycles. The zero-order valence-electron chi connectivity index (χ0n) is 7.69. The second-order valence-corrected chi connectivity index (χ2v) is 2.87. The van der Waals surface area contributed by atoms with E-state index in [0.717, 1.165) is 0 Å². The van der Waals surface area contributed by atoms with Crippen LogP contribution in [0.4, 0.5) is 13.2 Å². The molecule has 0 aliphatic heterocycles. The lowest BCUT2D eigenvalue weighted by atomic mass is 10.2. The van der Waals surface area contributed by atoms with E-state index in [1.807, 2.05) is 0 Å². The highest BCUT2D eigenvalue weighted by atomic mass is 19.4. The van der Waals surface area contributed by atoms with Crippen LogP contribution in [0.1, 0.15) is 18.1 Å². The molecule has 1 aromatic heterocycles. The van der Waals surface area contributed by atoms with Gasteiger partial charge in [-0.2, -0.15) is 13.2 Å². The molecule has 1 aromatic rings. The summed E-state index contributed by atoms with van der Waals surface area (Å²) in [5.74, 6) is 0.678. The Bertz CT molecular complexity index is 282. The van der Waals surface area contributed by atoms with Gasteiger partial charge in [-0.25, -0.2) is 4.98 Å². The van der Waals surface area contributed by atoms with E-state index < -0.39 is 12.6 Å². The molecule has 1 heterocycles. The molecule has 0 saturated carbocycles. The second kappa shape index (κ2) is 4.45. The standard InChI is InChI=1S/C8H11F3N2O/c1-12-5-7-13-4-6(14-7)2-3-8(9,10)11/h4,12H,2-3,5H2,1H3. The van der Waals surface area contributed by atoms with Crippen LogP contribution in [0, 0.1) is 0 Å². The first-order valence-corrected chi connectivity index (χ1v) is 4.16. The molecule has 0 amide bonds. The SMILES string of the molecule is CNCc1ncc(CCC(F)(F)F)o1. The van der Waals surface area contributed by atoms with Gasteiger partial charge in [0.2, 0.25) is 5.89 Å². The van der Waals surface area contributed by atoms with Gasteiger partial charge in [-0.15, -0.1) is 0 Å². The number of alkyl halides is 3. The molecular weight excluding hydrogens is 197 g/mol. The second-order valence-electron chi connectivity index (χ2n) is 2.87. The Kier molecular flexibility index (Phi) is 3.51. The molecule has 0 fully saturated rings. The molecule has 0 atom stereocenters. The van der Waals surface area contributed by atoms with Crippen LogP contribution < -0.4 is 5.32 Å². The van der Waals surface area contributed by atoms with E-state index in [9.17, 15) is 13.2 Å². The fourth-order valence-electron chi connectivity index (χ4n) is 0.961. The number of oxazole rings is 1. The maximum absolute atomic E-state index is 11.8. The predicted octanol–water partition coefficient (Wildman–Crippen LogP) is 1.89. The van der Waals surface area contributed by atoms with Crippen molar-refractivity contribution in [3.05, 3.63) is 17.8 Å². The lowest BCUT2D eigenvalue weighted by Gasteiger charge is -2.02. The third kappa shape index (κ3) is 3.78. The van der Waals surface area contributed by atoms with Crippen molar-refractivity contribution in [2.24, 2.45) is 0 Å². The summed E-state index contributed by atoms with van der Waals surface area (Å²) in [6, 6.07) is 0. The summed E-state index contributed by atoms with van der Waals surface area (Å²) in [6.07, 6.45) is -3.84. The number of hydrogen-bond donors (Lipinski definition) is 1. The molecule has 1 N–H and O–H groups in total. The lowest BCUT2D eigenvalue weighted by molar-refractivity contribution is -0.134. The van der Waals surface area contributed by atoms with Gasteiger partial charge >= 0.3 is 6.18 Å². The van der Waals surface area contributed by atoms with Gasteiger partial charge in [0.15, 0.2) is 0 Å². The van der Waals surface area contributed by atoms with Gasteiger partial charge in [0.25, 0.3) is 0 Å². The number of aromatic nitrogens is 1. The van der Waals surface area contributed by atoms with Crippen molar-refractivity contribution < 1.29 is 17.6 Å². The number of nitrogens with zero attached hydrogens (tertiary/aromatic N) is 1.